The fourth-order valence-electron chi connectivity index (χ4n) is 5.03. The van der Waals surface area contributed by atoms with E-state index in [2.05, 4.69) is 5.32 Å². The number of unbranched alkanes of at least 4 members (excludes halogenated alkanes) is 1. The number of carbonyl (C=O) groups is 1. The zero-order valence-corrected chi connectivity index (χ0v) is 19.6. The third-order valence-corrected chi connectivity index (χ3v) is 6.74. The summed E-state index contributed by atoms with van der Waals surface area (Å²) in [5.41, 5.74) is 5.49. The average Bonchev–Trinajstić information content (AvgIpc) is 3.17. The lowest BCUT2D eigenvalue weighted by molar-refractivity contribution is -0.141. The minimum absolute atomic E-state index is 0.103. The number of ether oxygens (including phenoxy) is 1. The number of esters is 1. The molecule has 184 valence electrons. The summed E-state index contributed by atoms with van der Waals surface area (Å²) in [6, 6.07) is 1.23. The van der Waals surface area contributed by atoms with E-state index in [0.29, 0.717) is 49.9 Å². The molecule has 0 spiro atoms. The summed E-state index contributed by atoms with van der Waals surface area (Å²) in [6.45, 7) is 3.85. The summed E-state index contributed by atoms with van der Waals surface area (Å²) in [5, 5.41) is 4.24. The molecule has 0 radical (unpaired) electrons. The molecule has 1 atom stereocenters. The number of hydrogen-bond donors (Lipinski definition) is 1. The van der Waals surface area contributed by atoms with Crippen molar-refractivity contribution in [3.8, 4) is 0 Å². The summed E-state index contributed by atoms with van der Waals surface area (Å²) in [6.07, 6.45) is -0.581. The van der Waals surface area contributed by atoms with E-state index >= 15 is 0 Å². The zero-order valence-electron chi connectivity index (χ0n) is 19.6. The summed E-state index contributed by atoms with van der Waals surface area (Å²) in [5.74, 6) is -0.638. The van der Waals surface area contributed by atoms with Crippen molar-refractivity contribution < 1.29 is 27.1 Å². The van der Waals surface area contributed by atoms with Crippen LogP contribution in [0.15, 0.2) is 12.1 Å². The highest BCUT2D eigenvalue weighted by molar-refractivity contribution is 5.92. The first kappa shape index (κ1) is 24.4. The van der Waals surface area contributed by atoms with Gasteiger partial charge in [0.2, 0.25) is 0 Å². The second-order valence-corrected chi connectivity index (χ2v) is 9.06. The summed E-state index contributed by atoms with van der Waals surface area (Å²) < 4.78 is 58.4. The Bertz CT molecular complexity index is 1140. The Morgan fingerprint density at radius 1 is 1.35 bits per heavy atom. The minimum Gasteiger partial charge on any atom is -0.466 e. The number of carbonyl (C=O) groups excluding carboxylic acids is 1. The molecule has 1 aliphatic carbocycles. The van der Waals surface area contributed by atoms with Gasteiger partial charge in [0.25, 0.3) is 0 Å². The number of allylic oxidation sites excluding steroid dienone is 1. The smallest absolute Gasteiger partial charge is 0.390 e. The van der Waals surface area contributed by atoms with E-state index < -0.39 is 12.6 Å². The quantitative estimate of drug-likeness (QED) is 0.330. The Kier molecular flexibility index (Phi) is 6.85. The summed E-state index contributed by atoms with van der Waals surface area (Å²) >= 11 is 0. The Morgan fingerprint density at radius 2 is 2.12 bits per heavy atom. The van der Waals surface area contributed by atoms with Crippen LogP contribution >= 0.6 is 0 Å². The van der Waals surface area contributed by atoms with Crippen molar-refractivity contribution in [2.75, 3.05) is 20.2 Å². The largest absolute Gasteiger partial charge is 0.466 e. The van der Waals surface area contributed by atoms with Gasteiger partial charge in [-0.25, -0.2) is 9.37 Å². The first-order valence-corrected chi connectivity index (χ1v) is 11.6. The lowest BCUT2D eigenvalue weighted by atomic mass is 9.81. The highest BCUT2D eigenvalue weighted by Crippen LogP contribution is 2.44. The molecule has 0 fully saturated rings. The second-order valence-electron chi connectivity index (χ2n) is 9.06. The maximum absolute atomic E-state index is 14.7. The van der Waals surface area contributed by atoms with Crippen molar-refractivity contribution in [1.82, 2.24) is 15.2 Å². The van der Waals surface area contributed by atoms with E-state index in [1.54, 1.807) is 18.9 Å². The summed E-state index contributed by atoms with van der Waals surface area (Å²) in [7, 11) is 1.73. The highest BCUT2D eigenvalue weighted by atomic mass is 19.4. The normalized spacial score (nSPS) is 18.5. The molecule has 1 aromatic heterocycles. The Labute approximate surface area is 196 Å². The highest BCUT2D eigenvalue weighted by Gasteiger charge is 2.35. The predicted molar refractivity (Wildman–Crippen MR) is 121 cm³/mol. The number of aromatic nitrogens is 1. The maximum atomic E-state index is 14.7. The number of halogens is 4. The van der Waals surface area contributed by atoms with Crippen LogP contribution in [0.1, 0.15) is 66.6 Å². The van der Waals surface area contributed by atoms with E-state index in [-0.39, 0.29) is 24.4 Å². The van der Waals surface area contributed by atoms with Gasteiger partial charge in [-0.05, 0) is 56.3 Å². The van der Waals surface area contributed by atoms with Crippen molar-refractivity contribution in [1.29, 1.82) is 0 Å². The number of alkyl halides is 3. The molecule has 1 N–H and O–H groups in total. The molecule has 34 heavy (non-hydrogen) atoms. The van der Waals surface area contributed by atoms with Gasteiger partial charge in [0, 0.05) is 43.1 Å². The van der Waals surface area contributed by atoms with Gasteiger partial charge in [0.1, 0.15) is 5.82 Å². The van der Waals surface area contributed by atoms with Crippen LogP contribution in [0.2, 0.25) is 0 Å². The molecule has 1 aliphatic heterocycles. The number of benzene rings is 1. The Hall–Kier alpha value is -2.68. The Balaban J connectivity index is 1.74. The first-order chi connectivity index (χ1) is 16.1. The van der Waals surface area contributed by atoms with Crippen LogP contribution in [-0.2, 0) is 22.5 Å². The van der Waals surface area contributed by atoms with Crippen LogP contribution in [0, 0.1) is 12.7 Å². The topological polar surface area (TPSA) is 54.5 Å². The monoisotopic (exact) mass is 479 g/mol. The van der Waals surface area contributed by atoms with Crippen LogP contribution in [0.5, 0.6) is 0 Å². The molecule has 0 unspecified atom stereocenters. The standard InChI is InChI=1S/C25H29F4N3O2/c1-14-16-7-8-21(32(3)10-9-25(27,28)29)23-17-13-30-19(6-4-5-11-34-15(2)33)24(17)31-20(22(16)23)12-18(14)26/h6,12,21,30H,4-5,7-11,13H2,1-3H3/b19-6-/t21-/m0/s1. The fourth-order valence-corrected chi connectivity index (χ4v) is 5.03. The molecule has 2 aromatic rings. The molecule has 2 heterocycles. The zero-order chi connectivity index (χ0) is 24.6. The predicted octanol–water partition coefficient (Wildman–Crippen LogP) is 5.34. The third-order valence-electron chi connectivity index (χ3n) is 6.74. The lowest BCUT2D eigenvalue weighted by Gasteiger charge is -2.35. The van der Waals surface area contributed by atoms with E-state index in [9.17, 15) is 22.4 Å². The maximum Gasteiger partial charge on any atom is 0.390 e. The van der Waals surface area contributed by atoms with E-state index in [1.807, 2.05) is 6.08 Å². The summed E-state index contributed by atoms with van der Waals surface area (Å²) in [4.78, 5) is 17.5. The van der Waals surface area contributed by atoms with Crippen molar-refractivity contribution in [3.63, 3.8) is 0 Å². The molecule has 9 heteroatoms. The van der Waals surface area contributed by atoms with Gasteiger partial charge in [-0.3, -0.25) is 9.69 Å². The van der Waals surface area contributed by atoms with Crippen molar-refractivity contribution in [3.05, 3.63) is 45.9 Å². The molecular formula is C25H29F4N3O2. The van der Waals surface area contributed by atoms with Crippen LogP contribution in [-0.4, -0.2) is 42.2 Å². The molecular weight excluding hydrogens is 450 g/mol. The van der Waals surface area contributed by atoms with Gasteiger partial charge in [0.05, 0.1) is 29.9 Å². The van der Waals surface area contributed by atoms with Crippen LogP contribution in [0.25, 0.3) is 16.6 Å². The molecule has 0 saturated carbocycles. The van der Waals surface area contributed by atoms with Gasteiger partial charge < -0.3 is 10.1 Å². The molecule has 0 saturated heterocycles. The van der Waals surface area contributed by atoms with E-state index in [1.165, 1.54) is 13.0 Å². The van der Waals surface area contributed by atoms with Gasteiger partial charge in [-0.15, -0.1) is 0 Å². The van der Waals surface area contributed by atoms with Gasteiger partial charge in [-0.2, -0.15) is 13.2 Å². The molecule has 0 bridgehead atoms. The molecule has 0 amide bonds. The first-order valence-electron chi connectivity index (χ1n) is 11.6. The number of hydrogen-bond acceptors (Lipinski definition) is 5. The number of rotatable bonds is 7. The number of pyridine rings is 1. The molecule has 2 aliphatic rings. The fraction of sp³-hybridized carbons (Fsp3) is 0.520. The van der Waals surface area contributed by atoms with Crippen LogP contribution < -0.4 is 5.32 Å². The van der Waals surface area contributed by atoms with Crippen molar-refractivity contribution in [2.24, 2.45) is 0 Å². The SMILES string of the molecule is CC(=O)OCCC/C=C1\NCc2c1nc1cc(F)c(C)c3c1c2[C@@H](N(C)CCC(F)(F)F)CC3. The van der Waals surface area contributed by atoms with Crippen molar-refractivity contribution >= 4 is 22.6 Å². The van der Waals surface area contributed by atoms with Crippen molar-refractivity contribution in [2.45, 2.75) is 64.7 Å². The Morgan fingerprint density at radius 3 is 2.82 bits per heavy atom. The number of fused-ring (bicyclic) bond motifs is 2. The number of aryl methyl sites for hydroxylation is 1. The lowest BCUT2D eigenvalue weighted by Crippen LogP contribution is -2.32. The molecule has 1 aromatic carbocycles. The van der Waals surface area contributed by atoms with Crippen LogP contribution in [0.3, 0.4) is 0 Å². The second kappa shape index (κ2) is 9.52. The molecule has 4 rings (SSSR count). The van der Waals surface area contributed by atoms with Crippen LogP contribution in [0.4, 0.5) is 17.6 Å². The minimum atomic E-state index is -4.22. The number of nitrogens with one attached hydrogen (secondary N) is 1. The third kappa shape index (κ3) is 4.89. The average molecular weight is 480 g/mol. The van der Waals surface area contributed by atoms with E-state index in [4.69, 9.17) is 9.72 Å². The van der Waals surface area contributed by atoms with Gasteiger partial charge in [-0.1, -0.05) is 6.08 Å². The van der Waals surface area contributed by atoms with Gasteiger partial charge in [0.15, 0.2) is 0 Å². The number of nitrogens with zero attached hydrogens (tertiary/aromatic N) is 2. The van der Waals surface area contributed by atoms with Gasteiger partial charge >= 0.3 is 12.1 Å². The molecule has 5 nitrogen and oxygen atoms in total. The van der Waals surface area contributed by atoms with E-state index in [0.717, 1.165) is 33.5 Å².